The number of fused-ring (bicyclic) bond motifs is 1. The third-order valence-corrected chi connectivity index (χ3v) is 4.43. The maximum Gasteiger partial charge on any atom is 0.411 e. The topological polar surface area (TPSA) is 120 Å². The number of amides is 1. The van der Waals surface area contributed by atoms with Crippen molar-refractivity contribution in [3.8, 4) is 0 Å². The highest BCUT2D eigenvalue weighted by atomic mass is 32.1. The van der Waals surface area contributed by atoms with E-state index in [9.17, 15) is 4.79 Å². The number of nitrogens with zero attached hydrogens (tertiary/aromatic N) is 5. The lowest BCUT2D eigenvalue weighted by Gasteiger charge is -2.16. The number of aromatic nitrogens is 2. The van der Waals surface area contributed by atoms with Crippen LogP contribution in [0.2, 0.25) is 0 Å². The van der Waals surface area contributed by atoms with E-state index in [0.717, 1.165) is 29.1 Å². The maximum atomic E-state index is 11.2. The molecule has 9 nitrogen and oxygen atoms in total. The van der Waals surface area contributed by atoms with Crippen molar-refractivity contribution >= 4 is 46.5 Å². The molecule has 0 saturated carbocycles. The highest BCUT2D eigenvalue weighted by molar-refractivity contribution is 7.80. The predicted molar refractivity (Wildman–Crippen MR) is 109 cm³/mol. The number of nitrogens with one attached hydrogen (secondary N) is 1. The fourth-order valence-electron chi connectivity index (χ4n) is 2.75. The van der Waals surface area contributed by atoms with Gasteiger partial charge in [0.2, 0.25) is 0 Å². The molecule has 140 valence electrons. The first kappa shape index (κ1) is 18.5. The zero-order valence-corrected chi connectivity index (χ0v) is 15.7. The van der Waals surface area contributed by atoms with E-state index in [1.54, 1.807) is 18.3 Å². The summed E-state index contributed by atoms with van der Waals surface area (Å²) in [5.41, 5.74) is 9.18. The molecule has 1 aliphatic heterocycles. The number of carbonyl (C=O) groups is 1. The van der Waals surface area contributed by atoms with Crippen molar-refractivity contribution in [3.63, 3.8) is 0 Å². The number of amidine groups is 1. The first-order valence-corrected chi connectivity index (χ1v) is 8.55. The van der Waals surface area contributed by atoms with Crippen LogP contribution < -0.4 is 20.9 Å². The number of anilines is 3. The fraction of sp³-hybridized carbons (Fsp3) is 0.235. The molecule has 0 unspecified atom stereocenters. The quantitative estimate of drug-likeness (QED) is 0.415. The minimum absolute atomic E-state index is 0.0608. The molecule has 0 aliphatic carbocycles. The Hall–Kier alpha value is -3.27. The fourth-order valence-corrected chi connectivity index (χ4v) is 2.94. The Labute approximate surface area is 161 Å². The van der Waals surface area contributed by atoms with Crippen molar-refractivity contribution in [3.05, 3.63) is 41.9 Å². The Bertz CT molecular complexity index is 931. The average Bonchev–Trinajstić information content (AvgIpc) is 3.01. The molecule has 10 heteroatoms. The number of likely N-dealkylation sites (N-methyl/N-ethyl adjacent to an activating group) is 1. The average molecular weight is 385 g/mol. The Kier molecular flexibility index (Phi) is 5.17. The van der Waals surface area contributed by atoms with E-state index in [1.807, 2.05) is 13.1 Å². The van der Waals surface area contributed by atoms with Gasteiger partial charge in [0, 0.05) is 26.8 Å². The van der Waals surface area contributed by atoms with Crippen molar-refractivity contribution in [1.82, 2.24) is 9.97 Å². The lowest BCUT2D eigenvalue weighted by atomic mass is 10.2. The van der Waals surface area contributed by atoms with E-state index < -0.39 is 6.09 Å². The minimum Gasteiger partial charge on any atom is -0.465 e. The normalized spacial score (nSPS) is 13.3. The van der Waals surface area contributed by atoms with Crippen LogP contribution >= 0.6 is 12.2 Å². The van der Waals surface area contributed by atoms with E-state index >= 15 is 0 Å². The van der Waals surface area contributed by atoms with Gasteiger partial charge in [-0.15, -0.1) is 0 Å². The highest BCUT2D eigenvalue weighted by Crippen LogP contribution is 2.26. The van der Waals surface area contributed by atoms with Crippen LogP contribution in [0.4, 0.5) is 22.0 Å². The first-order chi connectivity index (χ1) is 12.9. The largest absolute Gasteiger partial charge is 0.465 e. The molecule has 0 fully saturated rings. The van der Waals surface area contributed by atoms with Gasteiger partial charge in [0.15, 0.2) is 16.8 Å². The van der Waals surface area contributed by atoms with Crippen LogP contribution in [0.1, 0.15) is 11.3 Å². The van der Waals surface area contributed by atoms with Crippen molar-refractivity contribution in [2.24, 2.45) is 10.7 Å². The van der Waals surface area contributed by atoms with Gasteiger partial charge in [-0.1, -0.05) is 0 Å². The molecule has 1 aliphatic rings. The van der Waals surface area contributed by atoms with E-state index in [0.29, 0.717) is 11.4 Å². The minimum atomic E-state index is -1.12. The van der Waals surface area contributed by atoms with Gasteiger partial charge in [0.05, 0.1) is 17.6 Å². The molecule has 0 radical (unpaired) electrons. The van der Waals surface area contributed by atoms with E-state index in [2.05, 4.69) is 25.2 Å². The van der Waals surface area contributed by atoms with E-state index in [4.69, 9.17) is 23.1 Å². The van der Waals surface area contributed by atoms with Gasteiger partial charge >= 0.3 is 6.09 Å². The van der Waals surface area contributed by atoms with Crippen molar-refractivity contribution in [2.75, 3.05) is 35.8 Å². The van der Waals surface area contributed by atoms with E-state index in [1.165, 1.54) is 13.2 Å². The molecular formula is C17H19N7O2S. The molecular weight excluding hydrogens is 366 g/mol. The Balaban J connectivity index is 1.79. The smallest absolute Gasteiger partial charge is 0.411 e. The second kappa shape index (κ2) is 7.54. The van der Waals surface area contributed by atoms with Gasteiger partial charge in [-0.25, -0.2) is 14.8 Å². The molecule has 0 atom stereocenters. The first-order valence-electron chi connectivity index (χ1n) is 8.14. The molecule has 27 heavy (non-hydrogen) atoms. The van der Waals surface area contributed by atoms with Gasteiger partial charge in [0.1, 0.15) is 5.69 Å². The number of hydrogen-bond acceptors (Lipinski definition) is 5. The van der Waals surface area contributed by atoms with Crippen molar-refractivity contribution in [2.45, 2.75) is 6.42 Å². The van der Waals surface area contributed by atoms with Crippen molar-refractivity contribution < 1.29 is 9.90 Å². The third-order valence-electron chi connectivity index (χ3n) is 4.24. The van der Waals surface area contributed by atoms with Crippen LogP contribution in [0.25, 0.3) is 0 Å². The molecule has 2 aromatic rings. The summed E-state index contributed by atoms with van der Waals surface area (Å²) in [6.45, 7) is 0.941. The Morgan fingerprint density at radius 3 is 3.00 bits per heavy atom. The summed E-state index contributed by atoms with van der Waals surface area (Å²) in [4.78, 5) is 27.0. The van der Waals surface area contributed by atoms with Crippen LogP contribution in [0, 0.1) is 0 Å². The number of rotatable bonds is 3. The Morgan fingerprint density at radius 2 is 2.26 bits per heavy atom. The van der Waals surface area contributed by atoms with Crippen LogP contribution in [-0.4, -0.2) is 52.8 Å². The lowest BCUT2D eigenvalue weighted by molar-refractivity contribution is 0.203. The van der Waals surface area contributed by atoms with Gasteiger partial charge in [0.25, 0.3) is 0 Å². The number of carboxylic acid groups (broad SMARTS) is 1. The summed E-state index contributed by atoms with van der Waals surface area (Å²) in [7, 11) is 3.43. The number of thiocarbonyl (C=S) groups is 1. The number of hydrogen-bond donors (Lipinski definition) is 3. The maximum absolute atomic E-state index is 11.2. The third kappa shape index (κ3) is 3.95. The molecule has 1 amide bonds. The molecule has 0 bridgehead atoms. The molecule has 4 N–H and O–H groups in total. The Morgan fingerprint density at radius 1 is 1.48 bits per heavy atom. The second-order valence-corrected chi connectivity index (χ2v) is 6.40. The predicted octanol–water partition coefficient (Wildman–Crippen LogP) is 1.69. The summed E-state index contributed by atoms with van der Waals surface area (Å²) in [5, 5.41) is 12.0. The molecule has 2 aromatic heterocycles. The van der Waals surface area contributed by atoms with Crippen LogP contribution in [0.3, 0.4) is 0 Å². The van der Waals surface area contributed by atoms with Gasteiger partial charge in [-0.05, 0) is 42.4 Å². The van der Waals surface area contributed by atoms with Crippen LogP contribution in [0.5, 0.6) is 0 Å². The monoisotopic (exact) mass is 385 g/mol. The summed E-state index contributed by atoms with van der Waals surface area (Å²) in [6, 6.07) is 5.15. The zero-order chi connectivity index (χ0) is 19.6. The molecule has 3 heterocycles. The summed E-state index contributed by atoms with van der Waals surface area (Å²) >= 11 is 5.22. The molecule has 0 saturated heterocycles. The van der Waals surface area contributed by atoms with Gasteiger partial charge < -0.3 is 21.1 Å². The number of pyridine rings is 2. The van der Waals surface area contributed by atoms with Crippen LogP contribution in [0.15, 0.2) is 35.6 Å². The number of aliphatic imine (C=N–C) groups is 1. The SMILES string of the molecule is CN1CCc2cc(C(N)=NC(=S)Nc3ncccc3N(C)C(=O)O)ncc21. The standard InChI is InChI=1S/C17H19N7O2S/c1-23-7-5-10-8-11(20-9-13(10)23)14(18)21-16(27)22-15-12(4-3-6-19-15)24(2)17(25)26/h3-4,6,8-9H,5,7H2,1-2H3,(H,25,26)(H3,18,19,21,22,27). The van der Waals surface area contributed by atoms with Gasteiger partial charge in [-0.3, -0.25) is 9.88 Å². The van der Waals surface area contributed by atoms with Crippen LogP contribution in [-0.2, 0) is 6.42 Å². The zero-order valence-electron chi connectivity index (χ0n) is 14.9. The number of nitrogens with two attached hydrogens (primary N) is 1. The lowest BCUT2D eigenvalue weighted by Crippen LogP contribution is -2.26. The second-order valence-electron chi connectivity index (χ2n) is 6.01. The highest BCUT2D eigenvalue weighted by Gasteiger charge is 2.18. The summed E-state index contributed by atoms with van der Waals surface area (Å²) in [5.74, 6) is 0.446. The molecule has 0 spiro atoms. The van der Waals surface area contributed by atoms with Crippen molar-refractivity contribution in [1.29, 1.82) is 0 Å². The molecule has 3 rings (SSSR count). The summed E-state index contributed by atoms with van der Waals surface area (Å²) < 4.78 is 0. The van der Waals surface area contributed by atoms with E-state index in [-0.39, 0.29) is 16.8 Å². The molecule has 0 aromatic carbocycles. The summed E-state index contributed by atoms with van der Waals surface area (Å²) in [6.07, 6.45) is 3.11. The van der Waals surface area contributed by atoms with Gasteiger partial charge in [-0.2, -0.15) is 0 Å².